The van der Waals surface area contributed by atoms with E-state index in [-0.39, 0.29) is 0 Å². The van der Waals surface area contributed by atoms with E-state index in [0.717, 1.165) is 18.2 Å². The molecule has 0 spiro atoms. The molecular weight excluding hydrogens is 172 g/mol. The van der Waals surface area contributed by atoms with Crippen molar-refractivity contribution in [2.75, 3.05) is 18.8 Å². The summed E-state index contributed by atoms with van der Waals surface area (Å²) < 4.78 is 0. The Morgan fingerprint density at radius 1 is 1.36 bits per heavy atom. The van der Waals surface area contributed by atoms with Crippen molar-refractivity contribution in [3.63, 3.8) is 0 Å². The molecule has 0 bridgehead atoms. The first kappa shape index (κ1) is 9.53. The van der Waals surface area contributed by atoms with Crippen molar-refractivity contribution in [2.24, 2.45) is 5.92 Å². The minimum Gasteiger partial charge on any atom is -0.399 e. The number of nitrogens with two attached hydrogens (primary N) is 1. The predicted molar refractivity (Wildman–Crippen MR) is 59.9 cm³/mol. The Morgan fingerprint density at radius 2 is 2.07 bits per heavy atom. The number of anilines is 1. The SMILES string of the molecule is CC1CCN(Cc2ccc(N)cc2)C1. The Kier molecular flexibility index (Phi) is 2.73. The normalized spacial score (nSPS) is 22.8. The summed E-state index contributed by atoms with van der Waals surface area (Å²) in [6.07, 6.45) is 1.34. The summed E-state index contributed by atoms with van der Waals surface area (Å²) in [4.78, 5) is 2.51. The van der Waals surface area contributed by atoms with Gasteiger partial charge in [-0.1, -0.05) is 19.1 Å². The molecule has 0 radical (unpaired) electrons. The summed E-state index contributed by atoms with van der Waals surface area (Å²) in [6.45, 7) is 5.88. The van der Waals surface area contributed by atoms with Crippen molar-refractivity contribution in [3.8, 4) is 0 Å². The predicted octanol–water partition coefficient (Wildman–Crippen LogP) is 2.11. The summed E-state index contributed by atoms with van der Waals surface area (Å²) in [6, 6.07) is 8.21. The van der Waals surface area contributed by atoms with E-state index >= 15 is 0 Å². The Labute approximate surface area is 85.7 Å². The van der Waals surface area contributed by atoms with Crippen LogP contribution in [-0.4, -0.2) is 18.0 Å². The van der Waals surface area contributed by atoms with E-state index in [2.05, 4.69) is 24.0 Å². The molecule has 1 aromatic rings. The molecule has 76 valence electrons. The molecule has 1 aromatic carbocycles. The third-order valence-electron chi connectivity index (χ3n) is 2.89. The average Bonchev–Trinajstić information content (AvgIpc) is 2.56. The molecule has 0 amide bonds. The van der Waals surface area contributed by atoms with Gasteiger partial charge in [-0.3, -0.25) is 4.90 Å². The molecule has 14 heavy (non-hydrogen) atoms. The second-order valence-electron chi connectivity index (χ2n) is 4.37. The van der Waals surface area contributed by atoms with Gasteiger partial charge in [-0.2, -0.15) is 0 Å². The van der Waals surface area contributed by atoms with Crippen LogP contribution in [0.3, 0.4) is 0 Å². The highest BCUT2D eigenvalue weighted by Crippen LogP contribution is 2.18. The fourth-order valence-electron chi connectivity index (χ4n) is 2.05. The van der Waals surface area contributed by atoms with Gasteiger partial charge in [0.05, 0.1) is 0 Å². The van der Waals surface area contributed by atoms with Crippen LogP contribution in [0.2, 0.25) is 0 Å². The molecular formula is C12H18N2. The summed E-state index contributed by atoms with van der Waals surface area (Å²) >= 11 is 0. The maximum Gasteiger partial charge on any atom is 0.0314 e. The van der Waals surface area contributed by atoms with Crippen LogP contribution in [0.25, 0.3) is 0 Å². The van der Waals surface area contributed by atoms with Crippen LogP contribution in [0.4, 0.5) is 5.69 Å². The highest BCUT2D eigenvalue weighted by Gasteiger charge is 2.17. The first-order chi connectivity index (χ1) is 6.74. The molecule has 1 fully saturated rings. The van der Waals surface area contributed by atoms with E-state index in [0.29, 0.717) is 0 Å². The van der Waals surface area contributed by atoms with Gasteiger partial charge in [0.25, 0.3) is 0 Å². The molecule has 1 aliphatic rings. The van der Waals surface area contributed by atoms with Gasteiger partial charge in [-0.05, 0) is 36.6 Å². The first-order valence-corrected chi connectivity index (χ1v) is 5.31. The van der Waals surface area contributed by atoms with Crippen molar-refractivity contribution in [3.05, 3.63) is 29.8 Å². The quantitative estimate of drug-likeness (QED) is 0.724. The van der Waals surface area contributed by atoms with Crippen LogP contribution in [0.5, 0.6) is 0 Å². The molecule has 2 nitrogen and oxygen atoms in total. The number of rotatable bonds is 2. The van der Waals surface area contributed by atoms with Crippen LogP contribution < -0.4 is 5.73 Å². The molecule has 2 N–H and O–H groups in total. The van der Waals surface area contributed by atoms with Crippen LogP contribution in [0.1, 0.15) is 18.9 Å². The Morgan fingerprint density at radius 3 is 2.64 bits per heavy atom. The lowest BCUT2D eigenvalue weighted by atomic mass is 10.2. The Bertz CT molecular complexity index is 292. The number of nitrogen functional groups attached to an aromatic ring is 1. The zero-order valence-corrected chi connectivity index (χ0v) is 8.74. The zero-order valence-electron chi connectivity index (χ0n) is 8.74. The Hall–Kier alpha value is -1.02. The summed E-state index contributed by atoms with van der Waals surface area (Å²) in [5, 5.41) is 0. The average molecular weight is 190 g/mol. The molecule has 1 saturated heterocycles. The fraction of sp³-hybridized carbons (Fsp3) is 0.500. The van der Waals surface area contributed by atoms with Gasteiger partial charge >= 0.3 is 0 Å². The first-order valence-electron chi connectivity index (χ1n) is 5.31. The lowest BCUT2D eigenvalue weighted by molar-refractivity contribution is 0.320. The van der Waals surface area contributed by atoms with Crippen molar-refractivity contribution in [1.29, 1.82) is 0 Å². The standard InChI is InChI=1S/C12H18N2/c1-10-6-7-14(8-10)9-11-2-4-12(13)5-3-11/h2-5,10H,6-9,13H2,1H3. The van der Waals surface area contributed by atoms with Gasteiger partial charge in [-0.15, -0.1) is 0 Å². The molecule has 1 heterocycles. The van der Waals surface area contributed by atoms with Gasteiger partial charge in [0, 0.05) is 18.8 Å². The highest BCUT2D eigenvalue weighted by atomic mass is 15.1. The van der Waals surface area contributed by atoms with Crippen molar-refractivity contribution in [1.82, 2.24) is 4.90 Å². The summed E-state index contributed by atoms with van der Waals surface area (Å²) in [7, 11) is 0. The van der Waals surface area contributed by atoms with Crippen LogP contribution in [-0.2, 0) is 6.54 Å². The lowest BCUT2D eigenvalue weighted by Crippen LogP contribution is -2.19. The van der Waals surface area contributed by atoms with Crippen molar-refractivity contribution >= 4 is 5.69 Å². The smallest absolute Gasteiger partial charge is 0.0314 e. The minimum absolute atomic E-state index is 0.850. The van der Waals surface area contributed by atoms with Crippen molar-refractivity contribution in [2.45, 2.75) is 19.9 Å². The molecule has 1 unspecified atom stereocenters. The number of hydrogen-bond acceptors (Lipinski definition) is 2. The van der Waals surface area contributed by atoms with E-state index in [9.17, 15) is 0 Å². The van der Waals surface area contributed by atoms with Gasteiger partial charge in [0.1, 0.15) is 0 Å². The van der Waals surface area contributed by atoms with Crippen LogP contribution in [0, 0.1) is 5.92 Å². The third kappa shape index (κ3) is 2.26. The summed E-state index contributed by atoms with van der Waals surface area (Å²) in [5.74, 6) is 0.865. The molecule has 0 saturated carbocycles. The Balaban J connectivity index is 1.94. The molecule has 1 atom stereocenters. The topological polar surface area (TPSA) is 29.3 Å². The number of likely N-dealkylation sites (tertiary alicyclic amines) is 1. The second kappa shape index (κ2) is 4.01. The van der Waals surface area contributed by atoms with E-state index in [1.54, 1.807) is 0 Å². The van der Waals surface area contributed by atoms with Gasteiger partial charge in [0.2, 0.25) is 0 Å². The largest absolute Gasteiger partial charge is 0.399 e. The number of benzene rings is 1. The number of nitrogens with zero attached hydrogens (tertiary/aromatic N) is 1. The molecule has 2 heteroatoms. The maximum atomic E-state index is 5.64. The molecule has 0 aliphatic carbocycles. The minimum atomic E-state index is 0.850. The molecule has 2 rings (SSSR count). The van der Waals surface area contributed by atoms with Gasteiger partial charge in [-0.25, -0.2) is 0 Å². The van der Waals surface area contributed by atoms with Gasteiger partial charge in [0.15, 0.2) is 0 Å². The van der Waals surface area contributed by atoms with E-state index in [1.165, 1.54) is 25.1 Å². The monoisotopic (exact) mass is 190 g/mol. The van der Waals surface area contributed by atoms with Crippen LogP contribution in [0.15, 0.2) is 24.3 Å². The fourth-order valence-corrected chi connectivity index (χ4v) is 2.05. The van der Waals surface area contributed by atoms with Crippen LogP contribution >= 0.6 is 0 Å². The van der Waals surface area contributed by atoms with E-state index < -0.39 is 0 Å². The van der Waals surface area contributed by atoms with E-state index in [1.807, 2.05) is 12.1 Å². The van der Waals surface area contributed by atoms with Crippen molar-refractivity contribution < 1.29 is 0 Å². The van der Waals surface area contributed by atoms with E-state index in [4.69, 9.17) is 5.73 Å². The molecule has 0 aromatic heterocycles. The highest BCUT2D eigenvalue weighted by molar-refractivity contribution is 5.39. The maximum absolute atomic E-state index is 5.64. The molecule has 1 aliphatic heterocycles. The summed E-state index contributed by atoms with van der Waals surface area (Å²) in [5.41, 5.74) is 7.86. The van der Waals surface area contributed by atoms with Gasteiger partial charge < -0.3 is 5.73 Å². The third-order valence-corrected chi connectivity index (χ3v) is 2.89. The second-order valence-corrected chi connectivity index (χ2v) is 4.37. The number of hydrogen-bond donors (Lipinski definition) is 1. The lowest BCUT2D eigenvalue weighted by Gasteiger charge is -2.15. The zero-order chi connectivity index (χ0) is 9.97.